The number of allylic oxidation sites excluding steroid dienone is 7. The predicted molar refractivity (Wildman–Crippen MR) is 406 cm³/mol. The van der Waals surface area contributed by atoms with Crippen molar-refractivity contribution in [3.63, 3.8) is 0 Å². The molecule has 14 heteroatoms. The second-order valence-electron chi connectivity index (χ2n) is 29.6. The van der Waals surface area contributed by atoms with Gasteiger partial charge in [-0.2, -0.15) is 0 Å². The van der Waals surface area contributed by atoms with Crippen LogP contribution in [0.3, 0.4) is 0 Å². The highest BCUT2D eigenvalue weighted by Crippen LogP contribution is 2.30. The molecule has 0 spiro atoms. The van der Waals surface area contributed by atoms with Gasteiger partial charge in [0.2, 0.25) is 5.91 Å². The summed E-state index contributed by atoms with van der Waals surface area (Å²) in [6.45, 7) is 2.85. The molecule has 2 rings (SSSR count). The van der Waals surface area contributed by atoms with Gasteiger partial charge in [-0.1, -0.05) is 371 Å². The number of carbonyl (C=O) groups is 1. The summed E-state index contributed by atoms with van der Waals surface area (Å²) < 4.78 is 22.9. The third kappa shape index (κ3) is 50.4. The lowest BCUT2D eigenvalue weighted by Crippen LogP contribution is -2.65. The van der Waals surface area contributed by atoms with Gasteiger partial charge in [-0.3, -0.25) is 4.79 Å². The standard InChI is InChI=1S/C84H157NO13/c1-3-5-7-9-11-13-15-17-19-21-23-25-27-29-31-33-34-35-36-37-38-40-42-44-46-48-50-52-54-56-58-60-62-64-66-68-76(89)85-72(71-95-83-81(94)79(92)82(75(70-87)97-83)98-84-80(93)78(91)77(90)74(69-86)96-84)73(88)67-65-63-61-59-57-55-53-51-49-47-45-43-41-39-32-30-28-26-24-22-20-18-16-14-12-10-8-6-4-2/h15,17,21,23,27,29,65,67,72-75,77-84,86-88,90-94H,3-14,16,18-20,22,24-26,28,30-64,66,68-71H2,1-2H3,(H,85,89)/b17-15-,23-21-,29-27-,67-65+. The van der Waals surface area contributed by atoms with Gasteiger partial charge in [0.05, 0.1) is 32.0 Å². The summed E-state index contributed by atoms with van der Waals surface area (Å²) in [6, 6.07) is -0.916. The molecule has 0 aromatic carbocycles. The lowest BCUT2D eigenvalue weighted by molar-refractivity contribution is -0.359. The molecular formula is C84H157NO13. The highest BCUT2D eigenvalue weighted by molar-refractivity contribution is 5.76. The van der Waals surface area contributed by atoms with Crippen LogP contribution in [0.5, 0.6) is 0 Å². The van der Waals surface area contributed by atoms with E-state index in [4.69, 9.17) is 18.9 Å². The number of ether oxygens (including phenoxy) is 4. The average Bonchev–Trinajstić information content (AvgIpc) is 0.797. The number of nitrogens with one attached hydrogen (secondary N) is 1. The van der Waals surface area contributed by atoms with E-state index in [2.05, 4.69) is 55.6 Å². The summed E-state index contributed by atoms with van der Waals surface area (Å²) >= 11 is 0. The summed E-state index contributed by atoms with van der Waals surface area (Å²) in [7, 11) is 0. The third-order valence-corrected chi connectivity index (χ3v) is 20.5. The van der Waals surface area contributed by atoms with Crippen molar-refractivity contribution in [2.24, 2.45) is 0 Å². The number of hydrogen-bond donors (Lipinski definition) is 9. The lowest BCUT2D eigenvalue weighted by Gasteiger charge is -2.46. The highest BCUT2D eigenvalue weighted by Gasteiger charge is 2.51. The van der Waals surface area contributed by atoms with Crippen molar-refractivity contribution in [2.45, 2.75) is 460 Å². The SMILES string of the molecule is CCCCCCC/C=C\C/C=C\C/C=C\CCCCCCCCCCCCCCCCCCCCCCC(=O)NC(COC1OC(CO)C(OC2OC(CO)C(O)C(O)C2O)C(O)C1O)C(O)/C=C/CCCCCCCCCCCCCCCCCCCCCCCCCCCCC. The topological polar surface area (TPSA) is 228 Å². The van der Waals surface area contributed by atoms with Gasteiger partial charge in [-0.25, -0.2) is 0 Å². The van der Waals surface area contributed by atoms with Crippen LogP contribution in [0.2, 0.25) is 0 Å². The number of unbranched alkanes of at least 4 members (excludes halogenated alkanes) is 52. The summed E-state index contributed by atoms with van der Waals surface area (Å²) in [5.74, 6) is -0.232. The van der Waals surface area contributed by atoms with Gasteiger partial charge in [0.15, 0.2) is 12.6 Å². The molecule has 0 aromatic rings. The van der Waals surface area contributed by atoms with Crippen molar-refractivity contribution < 1.29 is 64.6 Å². The first kappa shape index (κ1) is 92.0. The highest BCUT2D eigenvalue weighted by atomic mass is 16.7. The number of amides is 1. The molecule has 1 amide bonds. The summed E-state index contributed by atoms with van der Waals surface area (Å²) in [6.07, 6.45) is 74.9. The molecule has 12 atom stereocenters. The number of aliphatic hydroxyl groups excluding tert-OH is 8. The zero-order chi connectivity index (χ0) is 70.8. The number of hydrogen-bond acceptors (Lipinski definition) is 13. The molecular weight excluding hydrogens is 1230 g/mol. The Morgan fingerprint density at radius 1 is 0.367 bits per heavy atom. The maximum Gasteiger partial charge on any atom is 0.220 e. The van der Waals surface area contributed by atoms with E-state index >= 15 is 0 Å². The molecule has 2 aliphatic rings. The molecule has 0 bridgehead atoms. The Labute approximate surface area is 601 Å². The van der Waals surface area contributed by atoms with Crippen LogP contribution in [-0.2, 0) is 23.7 Å². The fourth-order valence-corrected chi connectivity index (χ4v) is 13.9. The van der Waals surface area contributed by atoms with Gasteiger partial charge in [0, 0.05) is 6.42 Å². The molecule has 98 heavy (non-hydrogen) atoms. The molecule has 2 heterocycles. The molecule has 0 radical (unpaired) electrons. The first-order valence-corrected chi connectivity index (χ1v) is 41.9. The van der Waals surface area contributed by atoms with Crippen molar-refractivity contribution >= 4 is 5.91 Å². The Morgan fingerprint density at radius 3 is 1.03 bits per heavy atom. The van der Waals surface area contributed by atoms with Gasteiger partial charge >= 0.3 is 0 Å². The van der Waals surface area contributed by atoms with E-state index in [1.165, 1.54) is 308 Å². The Bertz CT molecular complexity index is 1830. The molecule has 12 unspecified atom stereocenters. The molecule has 9 N–H and O–H groups in total. The molecule has 0 aromatic heterocycles. The van der Waals surface area contributed by atoms with Gasteiger partial charge < -0.3 is 65.1 Å². The molecule has 0 saturated carbocycles. The van der Waals surface area contributed by atoms with E-state index in [-0.39, 0.29) is 18.9 Å². The first-order chi connectivity index (χ1) is 48.1. The molecule has 14 nitrogen and oxygen atoms in total. The van der Waals surface area contributed by atoms with E-state index < -0.39 is 86.8 Å². The number of aliphatic hydroxyl groups is 8. The zero-order valence-electron chi connectivity index (χ0n) is 63.3. The van der Waals surface area contributed by atoms with Crippen molar-refractivity contribution in [2.75, 3.05) is 19.8 Å². The lowest BCUT2D eigenvalue weighted by atomic mass is 9.97. The Hall–Kier alpha value is -2.05. The van der Waals surface area contributed by atoms with Crippen molar-refractivity contribution in [3.05, 3.63) is 48.6 Å². The van der Waals surface area contributed by atoms with E-state index in [0.29, 0.717) is 6.42 Å². The number of rotatable bonds is 71. The van der Waals surface area contributed by atoms with E-state index in [1.54, 1.807) is 6.08 Å². The fourth-order valence-electron chi connectivity index (χ4n) is 13.9. The Kier molecular flexibility index (Phi) is 63.9. The fraction of sp³-hybridized carbons (Fsp3) is 0.893. The maximum absolute atomic E-state index is 13.4. The normalized spacial score (nSPS) is 22.2. The minimum Gasteiger partial charge on any atom is -0.394 e. The van der Waals surface area contributed by atoms with Gasteiger partial charge in [-0.15, -0.1) is 0 Å². The van der Waals surface area contributed by atoms with E-state index in [0.717, 1.165) is 51.4 Å². The largest absolute Gasteiger partial charge is 0.394 e. The van der Waals surface area contributed by atoms with Crippen molar-refractivity contribution in [1.29, 1.82) is 0 Å². The quantitative estimate of drug-likeness (QED) is 0.0204. The van der Waals surface area contributed by atoms with Crippen LogP contribution in [0.1, 0.15) is 386 Å². The van der Waals surface area contributed by atoms with Crippen LogP contribution in [0.4, 0.5) is 0 Å². The molecule has 2 aliphatic heterocycles. The second kappa shape index (κ2) is 68.1. The van der Waals surface area contributed by atoms with Crippen molar-refractivity contribution in [3.8, 4) is 0 Å². The molecule has 2 saturated heterocycles. The average molecular weight is 1390 g/mol. The maximum atomic E-state index is 13.4. The van der Waals surface area contributed by atoms with E-state index in [9.17, 15) is 45.6 Å². The Morgan fingerprint density at radius 2 is 0.673 bits per heavy atom. The zero-order valence-corrected chi connectivity index (χ0v) is 63.3. The second-order valence-corrected chi connectivity index (χ2v) is 29.6. The number of carbonyl (C=O) groups excluding carboxylic acids is 1. The van der Waals surface area contributed by atoms with Crippen molar-refractivity contribution in [1.82, 2.24) is 5.32 Å². The molecule has 2 fully saturated rings. The monoisotopic (exact) mass is 1390 g/mol. The van der Waals surface area contributed by atoms with Crippen LogP contribution in [-0.4, -0.2) is 140 Å². The predicted octanol–water partition coefficient (Wildman–Crippen LogP) is 19.4. The van der Waals surface area contributed by atoms with Crippen LogP contribution in [0.25, 0.3) is 0 Å². The Balaban J connectivity index is 1.60. The minimum atomic E-state index is -1.79. The van der Waals surface area contributed by atoms with E-state index in [1.807, 2.05) is 6.08 Å². The smallest absolute Gasteiger partial charge is 0.220 e. The minimum absolute atomic E-state index is 0.232. The van der Waals surface area contributed by atoms with Crippen LogP contribution >= 0.6 is 0 Å². The first-order valence-electron chi connectivity index (χ1n) is 41.9. The van der Waals surface area contributed by atoms with Crippen LogP contribution < -0.4 is 5.32 Å². The van der Waals surface area contributed by atoms with Gasteiger partial charge in [0.1, 0.15) is 48.8 Å². The van der Waals surface area contributed by atoms with Crippen LogP contribution in [0.15, 0.2) is 48.6 Å². The van der Waals surface area contributed by atoms with Gasteiger partial charge in [-0.05, 0) is 57.8 Å². The molecule has 576 valence electrons. The summed E-state index contributed by atoms with van der Waals surface area (Å²) in [4.78, 5) is 13.4. The van der Waals surface area contributed by atoms with Crippen LogP contribution in [0, 0.1) is 0 Å². The third-order valence-electron chi connectivity index (χ3n) is 20.5. The summed E-state index contributed by atoms with van der Waals surface area (Å²) in [5, 5.41) is 87.8. The molecule has 0 aliphatic carbocycles. The summed E-state index contributed by atoms with van der Waals surface area (Å²) in [5.41, 5.74) is 0. The van der Waals surface area contributed by atoms with Gasteiger partial charge in [0.25, 0.3) is 0 Å².